The molecule has 0 atom stereocenters. The molecular weight excluding hydrogens is 1780 g/mol. The Morgan fingerprint density at radius 1 is 0.240 bits per heavy atom. The first-order valence-corrected chi connectivity index (χ1v) is 49.1. The molecule has 0 aliphatic carbocycles. The number of nitrogens with zero attached hydrogens (tertiary/aromatic N) is 10. The van der Waals surface area contributed by atoms with Gasteiger partial charge in [-0.1, -0.05) is 0 Å². The molecule has 0 fully saturated rings. The van der Waals surface area contributed by atoms with Crippen molar-refractivity contribution < 1.29 is 0 Å². The Kier molecular flexibility index (Phi) is 16.2. The zero-order valence-electron chi connectivity index (χ0n) is 66.1. The van der Waals surface area contributed by atoms with Crippen LogP contribution in [0.1, 0.15) is 0 Å². The monoisotopic (exact) mass is 1840 g/mol. The summed E-state index contributed by atoms with van der Waals surface area (Å²) < 4.78 is 24.0. The summed E-state index contributed by atoms with van der Waals surface area (Å²) in [5.74, 6) is 2.39. The second-order valence-electron chi connectivity index (χ2n) is 31.7. The molecule has 582 valence electrons. The molecule has 15 aromatic carbocycles. The van der Waals surface area contributed by atoms with Crippen LogP contribution in [0.25, 0.3) is 257 Å². The van der Waals surface area contributed by atoms with Crippen LogP contribution >= 0.6 is 34.0 Å². The predicted octanol–water partition coefficient (Wildman–Crippen LogP) is 28.6. The fraction of sp³-hybridized carbons (Fsp3) is 0. The van der Waals surface area contributed by atoms with E-state index in [9.17, 15) is 0 Å². The molecule has 0 N–H and O–H groups in total. The molecule has 0 amide bonds. The van der Waals surface area contributed by atoms with E-state index < -0.39 is 0 Å². The van der Waals surface area contributed by atoms with Gasteiger partial charge in [-0.15, -0.1) is 0 Å². The van der Waals surface area contributed by atoms with Crippen LogP contribution in [0, 0.1) is 0 Å². The Bertz CT molecular complexity index is 9630. The van der Waals surface area contributed by atoms with Crippen molar-refractivity contribution in [2.24, 2.45) is 0 Å². The quantitative estimate of drug-likeness (QED) is 0.121. The number of hydrogen-bond acceptors (Lipinski definition) is 10. The Labute approximate surface area is 741 Å². The van der Waals surface area contributed by atoms with Gasteiger partial charge in [-0.2, -0.15) is 0 Å². The van der Waals surface area contributed by atoms with Gasteiger partial charge in [0.2, 0.25) is 0 Å². The van der Waals surface area contributed by atoms with Crippen LogP contribution in [0.2, 0.25) is 0 Å². The molecule has 14 aromatic heterocycles. The van der Waals surface area contributed by atoms with Crippen molar-refractivity contribution in [2.75, 3.05) is 0 Å². The van der Waals surface area contributed by atoms with E-state index in [1.165, 1.54) is 140 Å². The number of thiophene rings is 3. The molecule has 0 aliphatic rings. The van der Waals surface area contributed by atoms with Crippen molar-refractivity contribution in [3.05, 3.63) is 364 Å². The fourth-order valence-corrected chi connectivity index (χ4v) is 32.3. The minimum atomic E-state index is 0.221. The molecule has 0 radical (unpaired) electrons. The fourth-order valence-electron chi connectivity index (χ4n) is 19.1. The molecule has 125 heavy (non-hydrogen) atoms. The molecule has 0 bridgehead atoms. The summed E-state index contributed by atoms with van der Waals surface area (Å²) in [6.45, 7) is 0. The van der Waals surface area contributed by atoms with E-state index >= 15 is 0 Å². The van der Waals surface area contributed by atoms with Crippen molar-refractivity contribution >= 4 is 283 Å². The second kappa shape index (κ2) is 28.3. The van der Waals surface area contributed by atoms with E-state index in [1.807, 2.05) is 52.3 Å². The summed E-state index contributed by atoms with van der Waals surface area (Å²) in [6.07, 6.45) is 3.65. The summed E-state index contributed by atoms with van der Waals surface area (Å²) in [4.78, 5) is 36.6. The van der Waals surface area contributed by atoms with Gasteiger partial charge in [0, 0.05) is 6.20 Å². The SMILES string of the molecule is c1ccc(-c2nc(-n3c4ccccc4c4sc5c6ccccc6[se]c5c43)nc3c4ccccc4c4ccccc4c23)cc1.c1ccc2cc(-c3nc(-n4c5ccccc5c5sc6c7ccccc7[se]c6c54)nc4c3ccc3ccccc34)ccc2c1.c1cncc(-c2ccc3ccc4ccc(-n5c6ccccc6c6sc7c8ccccc8[se]c7c65)nc4c3n2)c1. The van der Waals surface area contributed by atoms with Gasteiger partial charge >= 0.3 is 742 Å². The summed E-state index contributed by atoms with van der Waals surface area (Å²) in [6, 6.07) is 126. The molecule has 0 saturated heterocycles. The molecule has 29 aromatic rings. The van der Waals surface area contributed by atoms with Crippen LogP contribution in [0.4, 0.5) is 0 Å². The maximum absolute atomic E-state index is 5.50. The number of pyridine rings is 3. The second-order valence-corrected chi connectivity index (χ2v) is 41.3. The molecule has 14 heterocycles. The van der Waals surface area contributed by atoms with E-state index in [2.05, 4.69) is 358 Å². The van der Waals surface area contributed by atoms with E-state index in [0.717, 1.165) is 117 Å². The molecule has 29 rings (SSSR count). The van der Waals surface area contributed by atoms with Crippen LogP contribution in [-0.4, -0.2) is 92.1 Å². The zero-order chi connectivity index (χ0) is 81.6. The van der Waals surface area contributed by atoms with E-state index in [-0.39, 0.29) is 43.5 Å². The van der Waals surface area contributed by atoms with Crippen molar-refractivity contribution in [2.45, 2.75) is 0 Å². The van der Waals surface area contributed by atoms with E-state index in [0.29, 0.717) is 0 Å². The number of aromatic nitrogens is 10. The van der Waals surface area contributed by atoms with Crippen LogP contribution in [0.3, 0.4) is 0 Å². The van der Waals surface area contributed by atoms with Crippen molar-refractivity contribution in [3.8, 4) is 51.5 Å². The average molecular weight is 1840 g/mol. The van der Waals surface area contributed by atoms with Crippen LogP contribution in [0.15, 0.2) is 364 Å². The summed E-state index contributed by atoms with van der Waals surface area (Å²) in [5.41, 5.74) is 17.2. The summed E-state index contributed by atoms with van der Waals surface area (Å²) in [5, 5.41) is 21.8. The van der Waals surface area contributed by atoms with Gasteiger partial charge in [0.15, 0.2) is 0 Å². The molecular formula is C109H60N10S3Se3. The Morgan fingerprint density at radius 2 is 0.672 bits per heavy atom. The molecule has 0 spiro atoms. The van der Waals surface area contributed by atoms with Gasteiger partial charge < -0.3 is 0 Å². The predicted molar refractivity (Wildman–Crippen MR) is 533 cm³/mol. The van der Waals surface area contributed by atoms with Gasteiger partial charge in [0.1, 0.15) is 0 Å². The molecule has 0 aliphatic heterocycles. The van der Waals surface area contributed by atoms with E-state index in [1.54, 1.807) is 6.20 Å². The summed E-state index contributed by atoms with van der Waals surface area (Å²) in [7, 11) is 0. The van der Waals surface area contributed by atoms with Crippen molar-refractivity contribution in [1.82, 2.24) is 48.6 Å². The van der Waals surface area contributed by atoms with Gasteiger partial charge in [-0.05, 0) is 0 Å². The third-order valence-electron chi connectivity index (χ3n) is 24.7. The maximum atomic E-state index is 5.50. The number of benzene rings is 15. The number of rotatable bonds is 6. The third-order valence-corrected chi connectivity index (χ3v) is 36.7. The van der Waals surface area contributed by atoms with Crippen LogP contribution in [0.5, 0.6) is 0 Å². The van der Waals surface area contributed by atoms with Crippen LogP contribution < -0.4 is 0 Å². The molecule has 0 unspecified atom stereocenters. The number of hydrogen-bond donors (Lipinski definition) is 0. The minimum absolute atomic E-state index is 0.221. The third kappa shape index (κ3) is 11.0. The first kappa shape index (κ1) is 71.6. The Balaban J connectivity index is 0.0000000979. The first-order chi connectivity index (χ1) is 62.0. The Hall–Kier alpha value is -14.0. The molecule has 0 saturated carbocycles. The molecule has 16 heteroatoms. The van der Waals surface area contributed by atoms with Crippen molar-refractivity contribution in [3.63, 3.8) is 0 Å². The van der Waals surface area contributed by atoms with Gasteiger partial charge in [-0.3, -0.25) is 0 Å². The standard InChI is InChI=1S/2C38H21N3SSe.C33H18N4SSe/c1-2-11-24-21-25(18-17-22(24)9-1)32-29-20-19-23-10-3-4-12-26(23)33(29)40-38(39-32)41-30-15-7-5-13-27(30)35-34(41)37-36(42-35)28-14-6-8-16-31(28)43-37;1-2-12-22(13-3-1)32-31-25-16-6-4-14-23(25)24-15-5-7-17-26(24)33(31)40-38(39-32)41-29-20-10-8-18-27(29)35-34(41)37-36(42-35)28-19-9-11-21-30(28)43-37;1-3-9-25-22(7-1)31-30(33-32(38-31)23-8-2-4-10-26(23)39-33)37(25)27-16-14-20-12-11-19-13-15-24(21-6-5-17-34-18-21)35-28(19)29(20)36-27/h2*1-21H;1-18H. The molecule has 10 nitrogen and oxygen atoms in total. The zero-order valence-corrected chi connectivity index (χ0v) is 73.7. The van der Waals surface area contributed by atoms with Gasteiger partial charge in [0.05, 0.1) is 0 Å². The van der Waals surface area contributed by atoms with Gasteiger partial charge in [0.25, 0.3) is 0 Å². The average Bonchev–Trinajstić information content (AvgIpc) is 1.55. The number of para-hydroxylation sites is 3. The number of fused-ring (bicyclic) bond motifs is 34. The first-order valence-electron chi connectivity index (χ1n) is 41.5. The normalized spacial score (nSPS) is 12.2. The van der Waals surface area contributed by atoms with E-state index in [4.69, 9.17) is 29.9 Å². The topological polar surface area (TPSA) is 105 Å². The summed E-state index contributed by atoms with van der Waals surface area (Å²) >= 11 is 6.48. The Morgan fingerprint density at radius 3 is 1.26 bits per heavy atom. The van der Waals surface area contributed by atoms with Crippen LogP contribution in [-0.2, 0) is 0 Å². The van der Waals surface area contributed by atoms with Gasteiger partial charge in [-0.25, -0.2) is 0 Å². The van der Waals surface area contributed by atoms with Crippen molar-refractivity contribution in [1.29, 1.82) is 0 Å².